The molecule has 7 nitrogen and oxygen atoms in total. The fraction of sp³-hybridized carbons (Fsp3) is 0.263. The van der Waals surface area contributed by atoms with Crippen LogP contribution in [0, 0.1) is 6.92 Å². The molecule has 0 atom stereocenters. The molecule has 0 fully saturated rings. The van der Waals surface area contributed by atoms with Gasteiger partial charge in [-0.3, -0.25) is 0 Å². The number of fused-ring (bicyclic) bond motifs is 1. The van der Waals surface area contributed by atoms with Crippen LogP contribution in [0.25, 0.3) is 5.78 Å². The number of aryl methyl sites for hydroxylation is 2. The Morgan fingerprint density at radius 1 is 1.15 bits per heavy atom. The predicted octanol–water partition coefficient (Wildman–Crippen LogP) is 3.42. The third-order valence-electron chi connectivity index (χ3n) is 4.09. The third kappa shape index (κ3) is 4.46. The molecule has 8 heteroatoms. The highest BCUT2D eigenvalue weighted by atomic mass is 32.2. The Morgan fingerprint density at radius 2 is 2.04 bits per heavy atom. The average molecular weight is 379 g/mol. The van der Waals surface area contributed by atoms with Gasteiger partial charge in [-0.2, -0.15) is 9.50 Å². The van der Waals surface area contributed by atoms with Crippen molar-refractivity contribution >= 4 is 23.4 Å². The van der Waals surface area contributed by atoms with Crippen LogP contribution >= 0.6 is 11.8 Å². The zero-order valence-electron chi connectivity index (χ0n) is 15.1. The average Bonchev–Trinajstić information content (AvgIpc) is 3.33. The van der Waals surface area contributed by atoms with E-state index in [4.69, 9.17) is 0 Å². The molecule has 0 unspecified atom stereocenters. The highest BCUT2D eigenvalue weighted by Crippen LogP contribution is 2.21. The normalized spacial score (nSPS) is 11.1. The number of anilines is 1. The highest BCUT2D eigenvalue weighted by Gasteiger charge is 2.10. The molecular formula is C19H21N7S. The lowest BCUT2D eigenvalue weighted by Gasteiger charge is -2.08. The van der Waals surface area contributed by atoms with Crippen LogP contribution in [0.5, 0.6) is 0 Å². The lowest BCUT2D eigenvalue weighted by atomic mass is 10.2. The van der Waals surface area contributed by atoms with Gasteiger partial charge in [0.1, 0.15) is 5.82 Å². The standard InChI is InChI=1S/C19H21N7S/c1-15-12-17(21-8-5-10-25-11-9-20-14-25)26-18(22-15)23-19(24-26)27-13-16-6-3-2-4-7-16/h2-4,6-7,9,11-12,14,21H,5,8,10,13H2,1H3. The van der Waals surface area contributed by atoms with Crippen molar-refractivity contribution in [1.82, 2.24) is 29.1 Å². The Morgan fingerprint density at radius 3 is 2.85 bits per heavy atom. The van der Waals surface area contributed by atoms with Gasteiger partial charge in [0, 0.05) is 43.0 Å². The summed E-state index contributed by atoms with van der Waals surface area (Å²) in [6.45, 7) is 3.74. The molecule has 3 heterocycles. The zero-order valence-corrected chi connectivity index (χ0v) is 15.9. The fourth-order valence-electron chi connectivity index (χ4n) is 2.77. The molecule has 4 rings (SSSR count). The van der Waals surface area contributed by atoms with E-state index < -0.39 is 0 Å². The van der Waals surface area contributed by atoms with Crippen LogP contribution in [0.1, 0.15) is 17.7 Å². The monoisotopic (exact) mass is 379 g/mol. The number of rotatable bonds is 8. The number of benzene rings is 1. The summed E-state index contributed by atoms with van der Waals surface area (Å²) < 4.78 is 3.86. The molecule has 0 radical (unpaired) electrons. The Labute approximate surface area is 161 Å². The van der Waals surface area contributed by atoms with E-state index in [0.29, 0.717) is 5.78 Å². The molecule has 138 valence electrons. The van der Waals surface area contributed by atoms with Gasteiger partial charge in [0.2, 0.25) is 5.16 Å². The molecule has 0 saturated carbocycles. The van der Waals surface area contributed by atoms with Gasteiger partial charge in [0.15, 0.2) is 0 Å². The van der Waals surface area contributed by atoms with Crippen molar-refractivity contribution < 1.29 is 0 Å². The quantitative estimate of drug-likeness (QED) is 0.374. The van der Waals surface area contributed by atoms with E-state index in [1.54, 1.807) is 22.5 Å². The van der Waals surface area contributed by atoms with Gasteiger partial charge in [-0.1, -0.05) is 42.1 Å². The topological polar surface area (TPSA) is 72.9 Å². The minimum absolute atomic E-state index is 0.627. The Kier molecular flexibility index (Phi) is 5.34. The van der Waals surface area contributed by atoms with Crippen molar-refractivity contribution in [3.8, 4) is 0 Å². The molecule has 1 aromatic carbocycles. The molecule has 27 heavy (non-hydrogen) atoms. The lowest BCUT2D eigenvalue weighted by Crippen LogP contribution is -2.10. The van der Waals surface area contributed by atoms with Crippen LogP contribution in [0.2, 0.25) is 0 Å². The van der Waals surface area contributed by atoms with E-state index in [-0.39, 0.29) is 0 Å². The number of aromatic nitrogens is 6. The number of hydrogen-bond donors (Lipinski definition) is 1. The van der Waals surface area contributed by atoms with Crippen LogP contribution in [0.4, 0.5) is 5.82 Å². The van der Waals surface area contributed by atoms with E-state index in [2.05, 4.69) is 42.1 Å². The van der Waals surface area contributed by atoms with Gasteiger partial charge in [0.25, 0.3) is 5.78 Å². The second-order valence-electron chi connectivity index (χ2n) is 6.24. The molecule has 3 aromatic heterocycles. The summed E-state index contributed by atoms with van der Waals surface area (Å²) in [7, 11) is 0. The van der Waals surface area contributed by atoms with E-state index in [0.717, 1.165) is 41.9 Å². The first-order valence-electron chi connectivity index (χ1n) is 8.89. The first-order valence-corrected chi connectivity index (χ1v) is 9.87. The molecule has 0 amide bonds. The van der Waals surface area contributed by atoms with Crippen molar-refractivity contribution in [2.45, 2.75) is 30.8 Å². The van der Waals surface area contributed by atoms with Gasteiger partial charge in [-0.05, 0) is 18.9 Å². The van der Waals surface area contributed by atoms with Gasteiger partial charge < -0.3 is 9.88 Å². The van der Waals surface area contributed by atoms with E-state index >= 15 is 0 Å². The Hall–Kier alpha value is -2.87. The molecule has 0 saturated heterocycles. The van der Waals surface area contributed by atoms with Crippen molar-refractivity contribution in [3.63, 3.8) is 0 Å². The minimum Gasteiger partial charge on any atom is -0.370 e. The van der Waals surface area contributed by atoms with Gasteiger partial charge >= 0.3 is 0 Å². The minimum atomic E-state index is 0.627. The summed E-state index contributed by atoms with van der Waals surface area (Å²) in [5.74, 6) is 2.38. The van der Waals surface area contributed by atoms with Crippen molar-refractivity contribution in [1.29, 1.82) is 0 Å². The van der Waals surface area contributed by atoms with Gasteiger partial charge in [-0.25, -0.2) is 9.97 Å². The first-order chi connectivity index (χ1) is 13.3. The van der Waals surface area contributed by atoms with E-state index in [1.807, 2.05) is 43.7 Å². The van der Waals surface area contributed by atoms with E-state index in [1.165, 1.54) is 5.56 Å². The Balaban J connectivity index is 1.43. The molecule has 4 aromatic rings. The fourth-order valence-corrected chi connectivity index (χ4v) is 3.55. The largest absolute Gasteiger partial charge is 0.370 e. The molecule has 0 aliphatic heterocycles. The van der Waals surface area contributed by atoms with E-state index in [9.17, 15) is 0 Å². The molecule has 0 bridgehead atoms. The second kappa shape index (κ2) is 8.22. The smallest absolute Gasteiger partial charge is 0.255 e. The predicted molar refractivity (Wildman–Crippen MR) is 107 cm³/mol. The van der Waals surface area contributed by atoms with Crippen LogP contribution < -0.4 is 5.32 Å². The number of imidazole rings is 1. The molecule has 0 aliphatic rings. The van der Waals surface area contributed by atoms with Crippen LogP contribution in [-0.2, 0) is 12.3 Å². The summed E-state index contributed by atoms with van der Waals surface area (Å²) >= 11 is 1.62. The highest BCUT2D eigenvalue weighted by molar-refractivity contribution is 7.98. The maximum atomic E-state index is 4.63. The molecule has 0 spiro atoms. The number of nitrogens with one attached hydrogen (secondary N) is 1. The summed E-state index contributed by atoms with van der Waals surface area (Å²) in [4.78, 5) is 13.1. The SMILES string of the molecule is Cc1cc(NCCCn2ccnc2)n2nc(SCc3ccccc3)nc2n1. The lowest BCUT2D eigenvalue weighted by molar-refractivity contribution is 0.658. The van der Waals surface area contributed by atoms with Crippen molar-refractivity contribution in [2.75, 3.05) is 11.9 Å². The number of thioether (sulfide) groups is 1. The third-order valence-corrected chi connectivity index (χ3v) is 5.00. The molecular weight excluding hydrogens is 358 g/mol. The molecule has 1 N–H and O–H groups in total. The summed E-state index contributed by atoms with van der Waals surface area (Å²) in [5, 5.41) is 8.82. The maximum Gasteiger partial charge on any atom is 0.255 e. The van der Waals surface area contributed by atoms with Gasteiger partial charge in [-0.15, -0.1) is 5.10 Å². The zero-order chi connectivity index (χ0) is 18.5. The summed E-state index contributed by atoms with van der Waals surface area (Å²) in [5.41, 5.74) is 2.18. The molecule has 0 aliphatic carbocycles. The second-order valence-corrected chi connectivity index (χ2v) is 7.19. The number of hydrogen-bond acceptors (Lipinski definition) is 6. The summed E-state index contributed by atoms with van der Waals surface area (Å²) in [6, 6.07) is 12.3. The number of nitrogens with zero attached hydrogens (tertiary/aromatic N) is 6. The van der Waals surface area contributed by atoms with Crippen LogP contribution in [-0.4, -0.2) is 35.7 Å². The van der Waals surface area contributed by atoms with Crippen molar-refractivity contribution in [2.24, 2.45) is 0 Å². The van der Waals surface area contributed by atoms with Crippen LogP contribution in [0.3, 0.4) is 0 Å². The Bertz CT molecular complexity index is 996. The summed E-state index contributed by atoms with van der Waals surface area (Å²) in [6.07, 6.45) is 6.60. The van der Waals surface area contributed by atoms with Crippen LogP contribution in [0.15, 0.2) is 60.3 Å². The maximum absolute atomic E-state index is 4.63. The first kappa shape index (κ1) is 17.5. The van der Waals surface area contributed by atoms with Crippen molar-refractivity contribution in [3.05, 3.63) is 66.4 Å². The van der Waals surface area contributed by atoms with Gasteiger partial charge in [0.05, 0.1) is 6.33 Å².